The Balaban J connectivity index is 0.00000218. The van der Waals surface area contributed by atoms with Gasteiger partial charge >= 0.3 is 0 Å². The van der Waals surface area contributed by atoms with Gasteiger partial charge in [-0.2, -0.15) is 0 Å². The SMILES string of the molecule is COc1ccc(-c2c[n+](CC(=O)Nc3ccc4c(c3)OCO4)c3n2CCC3)cc1.[Cl-]. The van der Waals surface area contributed by atoms with Crippen LogP contribution in [0.5, 0.6) is 17.2 Å². The first-order valence-electron chi connectivity index (χ1n) is 9.67. The van der Waals surface area contributed by atoms with Gasteiger partial charge in [-0.25, -0.2) is 9.13 Å². The van der Waals surface area contributed by atoms with Gasteiger partial charge in [0.05, 0.1) is 20.1 Å². The monoisotopic (exact) mass is 427 g/mol. The molecule has 0 radical (unpaired) electrons. The number of anilines is 1. The lowest BCUT2D eigenvalue weighted by Gasteiger charge is -2.05. The molecule has 5 rings (SSSR count). The van der Waals surface area contributed by atoms with Crippen LogP contribution in [0, 0.1) is 0 Å². The maximum absolute atomic E-state index is 12.7. The normalized spacial score (nSPS) is 13.5. The van der Waals surface area contributed by atoms with Gasteiger partial charge in [-0.3, -0.25) is 4.79 Å². The highest BCUT2D eigenvalue weighted by Gasteiger charge is 2.29. The Bertz CT molecular complexity index is 1080. The van der Waals surface area contributed by atoms with Crippen molar-refractivity contribution in [1.82, 2.24) is 4.57 Å². The minimum atomic E-state index is -0.0737. The Hall–Kier alpha value is -3.19. The zero-order valence-electron chi connectivity index (χ0n) is 16.6. The molecule has 1 N–H and O–H groups in total. The highest BCUT2D eigenvalue weighted by Crippen LogP contribution is 2.34. The lowest BCUT2D eigenvalue weighted by atomic mass is 10.1. The van der Waals surface area contributed by atoms with Gasteiger partial charge in [0.25, 0.3) is 11.7 Å². The molecule has 0 bridgehead atoms. The average molecular weight is 428 g/mol. The summed E-state index contributed by atoms with van der Waals surface area (Å²) in [6.07, 6.45) is 4.12. The summed E-state index contributed by atoms with van der Waals surface area (Å²) in [5.41, 5.74) is 2.94. The van der Waals surface area contributed by atoms with Gasteiger partial charge < -0.3 is 31.9 Å². The van der Waals surface area contributed by atoms with Crippen LogP contribution in [-0.2, 0) is 24.3 Å². The van der Waals surface area contributed by atoms with Crippen molar-refractivity contribution >= 4 is 11.6 Å². The van der Waals surface area contributed by atoms with E-state index in [1.807, 2.05) is 24.3 Å². The van der Waals surface area contributed by atoms with Crippen LogP contribution >= 0.6 is 0 Å². The van der Waals surface area contributed by atoms with Crippen molar-refractivity contribution in [3.63, 3.8) is 0 Å². The summed E-state index contributed by atoms with van der Waals surface area (Å²) in [6, 6.07) is 13.4. The molecular formula is C22H22ClN3O4. The second-order valence-electron chi connectivity index (χ2n) is 7.16. The molecule has 7 nitrogen and oxygen atoms in total. The number of methoxy groups -OCH3 is 1. The molecule has 30 heavy (non-hydrogen) atoms. The summed E-state index contributed by atoms with van der Waals surface area (Å²) in [5, 5.41) is 2.95. The largest absolute Gasteiger partial charge is 1.00 e. The van der Waals surface area contributed by atoms with Gasteiger partial charge in [0, 0.05) is 17.3 Å². The van der Waals surface area contributed by atoms with Gasteiger partial charge in [0.1, 0.15) is 11.9 Å². The van der Waals surface area contributed by atoms with Crippen molar-refractivity contribution in [1.29, 1.82) is 0 Å². The highest BCUT2D eigenvalue weighted by molar-refractivity contribution is 5.90. The van der Waals surface area contributed by atoms with Gasteiger partial charge in [-0.1, -0.05) is 0 Å². The maximum Gasteiger partial charge on any atom is 0.266 e. The lowest BCUT2D eigenvalue weighted by Crippen LogP contribution is -3.00. The molecule has 0 saturated carbocycles. The molecule has 0 spiro atoms. The fourth-order valence-corrected chi connectivity index (χ4v) is 3.97. The summed E-state index contributed by atoms with van der Waals surface area (Å²) in [6.45, 7) is 1.45. The molecule has 156 valence electrons. The summed E-state index contributed by atoms with van der Waals surface area (Å²) in [4.78, 5) is 12.7. The zero-order chi connectivity index (χ0) is 19.8. The van der Waals surface area contributed by atoms with E-state index in [-0.39, 0.29) is 31.7 Å². The van der Waals surface area contributed by atoms with Gasteiger partial charge in [0.15, 0.2) is 23.7 Å². The van der Waals surface area contributed by atoms with E-state index in [0.29, 0.717) is 17.2 Å². The molecule has 8 heteroatoms. The van der Waals surface area contributed by atoms with E-state index >= 15 is 0 Å². The van der Waals surface area contributed by atoms with E-state index in [9.17, 15) is 4.79 Å². The van der Waals surface area contributed by atoms with Crippen LogP contribution in [-0.4, -0.2) is 24.4 Å². The maximum atomic E-state index is 12.7. The quantitative estimate of drug-likeness (QED) is 0.571. The molecule has 3 aromatic rings. The number of halogens is 1. The third-order valence-electron chi connectivity index (χ3n) is 5.35. The first-order valence-corrected chi connectivity index (χ1v) is 9.67. The highest BCUT2D eigenvalue weighted by atomic mass is 35.5. The van der Waals surface area contributed by atoms with Crippen LogP contribution in [0.15, 0.2) is 48.7 Å². The number of aromatic nitrogens is 2. The first kappa shape index (κ1) is 20.1. The van der Waals surface area contributed by atoms with Crippen molar-refractivity contribution in [2.24, 2.45) is 0 Å². The number of nitrogens with zero attached hydrogens (tertiary/aromatic N) is 2. The standard InChI is InChI=1S/C22H21N3O4.ClH/c1-27-17-7-4-15(5-8-17)18-12-24(22-3-2-10-25(18)22)13-21(26)23-16-6-9-19-20(11-16)29-14-28-19;/h4-9,11-12H,2-3,10,13-14H2,1H3;1H. The van der Waals surface area contributed by atoms with E-state index in [2.05, 4.69) is 32.8 Å². The second-order valence-corrected chi connectivity index (χ2v) is 7.16. The minimum absolute atomic E-state index is 0. The van der Waals surface area contributed by atoms with E-state index in [1.165, 1.54) is 5.82 Å². The number of hydrogen-bond donors (Lipinski definition) is 1. The molecule has 2 aromatic carbocycles. The van der Waals surface area contributed by atoms with Crippen molar-refractivity contribution in [2.75, 3.05) is 19.2 Å². The van der Waals surface area contributed by atoms with Crippen molar-refractivity contribution in [3.05, 3.63) is 54.5 Å². The number of amides is 1. The Morgan fingerprint density at radius 3 is 2.77 bits per heavy atom. The molecule has 2 aliphatic heterocycles. The van der Waals surface area contributed by atoms with Crippen molar-refractivity contribution in [3.8, 4) is 28.5 Å². The molecule has 3 heterocycles. The molecule has 1 aromatic heterocycles. The van der Waals surface area contributed by atoms with Gasteiger partial charge in [-0.05, 0) is 42.8 Å². The zero-order valence-corrected chi connectivity index (χ0v) is 17.3. The molecule has 0 saturated heterocycles. The van der Waals surface area contributed by atoms with Crippen LogP contribution in [0.3, 0.4) is 0 Å². The summed E-state index contributed by atoms with van der Waals surface area (Å²) < 4.78 is 20.3. The predicted molar refractivity (Wildman–Crippen MR) is 106 cm³/mol. The Kier molecular flexibility index (Phi) is 5.55. The topological polar surface area (TPSA) is 65.6 Å². The third kappa shape index (κ3) is 3.68. The van der Waals surface area contributed by atoms with Crippen molar-refractivity contribution in [2.45, 2.75) is 25.9 Å². The number of fused-ring (bicyclic) bond motifs is 2. The Labute approximate surface area is 180 Å². The molecular weight excluding hydrogens is 406 g/mol. The lowest BCUT2D eigenvalue weighted by molar-refractivity contribution is -0.690. The summed E-state index contributed by atoms with van der Waals surface area (Å²) >= 11 is 0. The number of hydrogen-bond acceptors (Lipinski definition) is 4. The van der Waals surface area contributed by atoms with Gasteiger partial charge in [-0.15, -0.1) is 0 Å². The summed E-state index contributed by atoms with van der Waals surface area (Å²) in [5.74, 6) is 3.29. The number of ether oxygens (including phenoxy) is 3. The van der Waals surface area contributed by atoms with Crippen LogP contribution in [0.25, 0.3) is 11.3 Å². The average Bonchev–Trinajstić information content (AvgIpc) is 3.45. The molecule has 0 unspecified atom stereocenters. The number of rotatable bonds is 5. The molecule has 1 amide bonds. The number of imidazole rings is 1. The van der Waals surface area contributed by atoms with Crippen molar-refractivity contribution < 1.29 is 36.0 Å². The molecule has 2 aliphatic rings. The van der Waals surface area contributed by atoms with E-state index in [4.69, 9.17) is 14.2 Å². The van der Waals surface area contributed by atoms with Crippen LogP contribution < -0.4 is 36.5 Å². The molecule has 0 atom stereocenters. The molecule has 0 fully saturated rings. The first-order chi connectivity index (χ1) is 14.2. The predicted octanol–water partition coefficient (Wildman–Crippen LogP) is -0.231. The fourth-order valence-electron chi connectivity index (χ4n) is 3.97. The van der Waals surface area contributed by atoms with E-state index in [0.717, 1.165) is 36.4 Å². The smallest absolute Gasteiger partial charge is 0.266 e. The third-order valence-corrected chi connectivity index (χ3v) is 5.35. The van der Waals surface area contributed by atoms with E-state index < -0.39 is 0 Å². The fraction of sp³-hybridized carbons (Fsp3) is 0.273. The van der Waals surface area contributed by atoms with Crippen LogP contribution in [0.1, 0.15) is 12.2 Å². The second kappa shape index (κ2) is 8.28. The van der Waals surface area contributed by atoms with Crippen LogP contribution in [0.4, 0.5) is 5.69 Å². The number of benzene rings is 2. The molecule has 0 aliphatic carbocycles. The van der Waals surface area contributed by atoms with E-state index in [1.54, 1.807) is 13.2 Å². The minimum Gasteiger partial charge on any atom is -1.00 e. The number of nitrogens with one attached hydrogen (secondary N) is 1. The van der Waals surface area contributed by atoms with Crippen LogP contribution in [0.2, 0.25) is 0 Å². The summed E-state index contributed by atoms with van der Waals surface area (Å²) in [7, 11) is 1.66. The number of carbonyl (C=O) groups is 1. The Morgan fingerprint density at radius 2 is 1.97 bits per heavy atom. The Morgan fingerprint density at radius 1 is 1.17 bits per heavy atom. The van der Waals surface area contributed by atoms with Gasteiger partial charge in [0.2, 0.25) is 6.79 Å². The number of carbonyl (C=O) groups excluding carboxylic acids is 1.